The van der Waals surface area contributed by atoms with Gasteiger partial charge in [-0.25, -0.2) is 4.98 Å². The van der Waals surface area contributed by atoms with Crippen LogP contribution in [0.15, 0.2) is 31.1 Å². The van der Waals surface area contributed by atoms with Crippen LogP contribution in [0.5, 0.6) is 0 Å². The molecule has 0 aromatic carbocycles. The molecule has 19 heavy (non-hydrogen) atoms. The van der Waals surface area contributed by atoms with Crippen LogP contribution in [0.4, 0.5) is 5.69 Å². The second-order valence-corrected chi connectivity index (χ2v) is 5.36. The van der Waals surface area contributed by atoms with E-state index in [9.17, 15) is 4.79 Å². The van der Waals surface area contributed by atoms with Crippen molar-refractivity contribution in [1.82, 2.24) is 9.97 Å². The number of primary amides is 1. The summed E-state index contributed by atoms with van der Waals surface area (Å²) >= 11 is 0. The smallest absolute Gasteiger partial charge is 0.269 e. The summed E-state index contributed by atoms with van der Waals surface area (Å²) in [5.41, 5.74) is 6.77. The molecule has 0 saturated heterocycles. The predicted molar refractivity (Wildman–Crippen MR) is 77.0 cm³/mol. The number of hydrogen-bond donors (Lipinski definition) is 2. The minimum absolute atomic E-state index is 0.225. The number of pyridine rings is 1. The lowest BCUT2D eigenvalue weighted by Gasteiger charge is -2.35. The van der Waals surface area contributed by atoms with Crippen LogP contribution in [-0.2, 0) is 0 Å². The average Bonchev–Trinajstić information content (AvgIpc) is 2.73. The van der Waals surface area contributed by atoms with Crippen molar-refractivity contribution in [2.75, 3.05) is 4.90 Å². The molecular formula is C14H18N4O. The second-order valence-electron chi connectivity index (χ2n) is 5.36. The van der Waals surface area contributed by atoms with Crippen molar-refractivity contribution in [3.05, 3.63) is 36.8 Å². The van der Waals surface area contributed by atoms with Gasteiger partial charge in [0.25, 0.3) is 5.91 Å². The van der Waals surface area contributed by atoms with E-state index in [4.69, 9.17) is 5.73 Å². The molecule has 2 aromatic heterocycles. The molecule has 100 valence electrons. The molecular weight excluding hydrogens is 240 g/mol. The van der Waals surface area contributed by atoms with Crippen LogP contribution in [0.2, 0.25) is 0 Å². The zero-order valence-electron chi connectivity index (χ0n) is 11.4. The summed E-state index contributed by atoms with van der Waals surface area (Å²) in [4.78, 5) is 20.8. The van der Waals surface area contributed by atoms with Crippen LogP contribution in [0.25, 0.3) is 11.0 Å². The van der Waals surface area contributed by atoms with E-state index in [1.165, 1.54) is 0 Å². The molecule has 2 aromatic rings. The van der Waals surface area contributed by atoms with Crippen LogP contribution in [0.3, 0.4) is 0 Å². The van der Waals surface area contributed by atoms with Gasteiger partial charge in [0.15, 0.2) is 5.69 Å². The number of carbonyl (C=O) groups excluding carboxylic acids is 1. The van der Waals surface area contributed by atoms with E-state index >= 15 is 0 Å². The predicted octanol–water partition coefficient (Wildman–Crippen LogP) is 2.41. The molecule has 5 nitrogen and oxygen atoms in total. The van der Waals surface area contributed by atoms with Crippen molar-refractivity contribution < 1.29 is 4.79 Å². The fourth-order valence-electron chi connectivity index (χ4n) is 2.07. The zero-order chi connectivity index (χ0) is 14.2. The molecule has 0 saturated carbocycles. The van der Waals surface area contributed by atoms with Gasteiger partial charge in [-0.05, 0) is 39.1 Å². The number of anilines is 1. The van der Waals surface area contributed by atoms with Crippen molar-refractivity contribution >= 4 is 22.6 Å². The Balaban J connectivity index is 2.71. The van der Waals surface area contributed by atoms with Gasteiger partial charge in [-0.3, -0.25) is 4.79 Å². The minimum Gasteiger partial charge on any atom is -0.364 e. The first-order chi connectivity index (χ1) is 8.84. The minimum atomic E-state index is -0.553. The Morgan fingerprint density at radius 1 is 1.53 bits per heavy atom. The SMILES string of the molecule is C=CN(c1cc2cc[nH]c2nc1C(N)=O)C(C)(C)C. The average molecular weight is 258 g/mol. The van der Waals surface area contributed by atoms with E-state index in [2.05, 4.69) is 16.5 Å². The summed E-state index contributed by atoms with van der Waals surface area (Å²) in [7, 11) is 0. The molecule has 1 amide bonds. The van der Waals surface area contributed by atoms with Crippen molar-refractivity contribution in [3.63, 3.8) is 0 Å². The van der Waals surface area contributed by atoms with E-state index in [0.717, 1.165) is 5.39 Å². The van der Waals surface area contributed by atoms with Crippen LogP contribution >= 0.6 is 0 Å². The first kappa shape index (κ1) is 13.1. The molecule has 2 rings (SSSR count). The highest BCUT2D eigenvalue weighted by Crippen LogP contribution is 2.29. The number of fused-ring (bicyclic) bond motifs is 1. The Morgan fingerprint density at radius 2 is 2.21 bits per heavy atom. The van der Waals surface area contributed by atoms with E-state index in [-0.39, 0.29) is 11.2 Å². The van der Waals surface area contributed by atoms with Crippen LogP contribution in [-0.4, -0.2) is 21.4 Å². The van der Waals surface area contributed by atoms with Gasteiger partial charge in [0.2, 0.25) is 0 Å². The van der Waals surface area contributed by atoms with Gasteiger partial charge in [0, 0.05) is 17.1 Å². The number of nitrogens with one attached hydrogen (secondary N) is 1. The molecule has 0 aliphatic carbocycles. The summed E-state index contributed by atoms with van der Waals surface area (Å²) in [5, 5.41) is 0.927. The third-order valence-electron chi connectivity index (χ3n) is 2.91. The van der Waals surface area contributed by atoms with Crippen molar-refractivity contribution in [2.45, 2.75) is 26.3 Å². The number of nitrogens with two attached hydrogens (primary N) is 1. The third kappa shape index (κ3) is 2.31. The van der Waals surface area contributed by atoms with E-state index in [0.29, 0.717) is 11.3 Å². The van der Waals surface area contributed by atoms with Crippen LogP contribution < -0.4 is 10.6 Å². The second kappa shape index (κ2) is 4.42. The number of aromatic amines is 1. The summed E-state index contributed by atoms with van der Waals surface area (Å²) in [6.07, 6.45) is 3.46. The molecule has 0 spiro atoms. The third-order valence-corrected chi connectivity index (χ3v) is 2.91. The Bertz CT molecular complexity index is 636. The molecule has 3 N–H and O–H groups in total. The molecule has 0 atom stereocenters. The summed E-state index contributed by atoms with van der Waals surface area (Å²) in [6, 6.07) is 3.80. The fraction of sp³-hybridized carbons (Fsp3) is 0.286. The normalized spacial score (nSPS) is 11.5. The maximum Gasteiger partial charge on any atom is 0.269 e. The van der Waals surface area contributed by atoms with Crippen LogP contribution in [0.1, 0.15) is 31.3 Å². The van der Waals surface area contributed by atoms with Gasteiger partial charge in [0.05, 0.1) is 5.69 Å². The molecule has 0 aliphatic rings. The number of amides is 1. The number of rotatable bonds is 3. The van der Waals surface area contributed by atoms with Crippen molar-refractivity contribution in [1.29, 1.82) is 0 Å². The highest BCUT2D eigenvalue weighted by Gasteiger charge is 2.24. The highest BCUT2D eigenvalue weighted by atomic mass is 16.1. The van der Waals surface area contributed by atoms with Gasteiger partial charge in [-0.15, -0.1) is 0 Å². The van der Waals surface area contributed by atoms with Crippen molar-refractivity contribution in [3.8, 4) is 0 Å². The first-order valence-electron chi connectivity index (χ1n) is 6.04. The number of nitrogens with zero attached hydrogens (tertiary/aromatic N) is 2. The summed E-state index contributed by atoms with van der Waals surface area (Å²) in [6.45, 7) is 9.90. The molecule has 0 aliphatic heterocycles. The molecule has 5 heteroatoms. The summed E-state index contributed by atoms with van der Waals surface area (Å²) < 4.78 is 0. The standard InChI is InChI=1S/C14H18N4O/c1-5-18(14(2,3)4)10-8-9-6-7-16-13(9)17-11(10)12(15)19/h5-8H,1H2,2-4H3,(H2,15,19)(H,16,17). The molecule has 0 unspecified atom stereocenters. The quantitative estimate of drug-likeness (QED) is 0.887. The van der Waals surface area contributed by atoms with Gasteiger partial charge in [0.1, 0.15) is 5.65 Å². The Hall–Kier alpha value is -2.30. The van der Waals surface area contributed by atoms with Gasteiger partial charge in [-0.1, -0.05) is 6.58 Å². The Labute approximate surface area is 112 Å². The highest BCUT2D eigenvalue weighted by molar-refractivity contribution is 6.00. The Kier molecular flexibility index (Phi) is 3.06. The van der Waals surface area contributed by atoms with Gasteiger partial charge >= 0.3 is 0 Å². The number of H-pyrrole nitrogens is 1. The van der Waals surface area contributed by atoms with Gasteiger partial charge < -0.3 is 15.6 Å². The van der Waals surface area contributed by atoms with E-state index in [1.54, 1.807) is 12.4 Å². The maximum absolute atomic E-state index is 11.6. The number of carbonyl (C=O) groups is 1. The largest absolute Gasteiger partial charge is 0.364 e. The van der Waals surface area contributed by atoms with Crippen LogP contribution in [0, 0.1) is 0 Å². The zero-order valence-corrected chi connectivity index (χ0v) is 11.4. The molecule has 0 bridgehead atoms. The van der Waals surface area contributed by atoms with E-state index in [1.807, 2.05) is 37.8 Å². The van der Waals surface area contributed by atoms with Crippen molar-refractivity contribution in [2.24, 2.45) is 5.73 Å². The molecule has 0 fully saturated rings. The Morgan fingerprint density at radius 3 is 2.74 bits per heavy atom. The summed E-state index contributed by atoms with van der Waals surface area (Å²) in [5.74, 6) is -0.553. The van der Waals surface area contributed by atoms with Gasteiger partial charge in [-0.2, -0.15) is 0 Å². The lowest BCUT2D eigenvalue weighted by molar-refractivity contribution is 0.0996. The monoisotopic (exact) mass is 258 g/mol. The lowest BCUT2D eigenvalue weighted by Crippen LogP contribution is -2.38. The number of hydrogen-bond acceptors (Lipinski definition) is 3. The lowest BCUT2D eigenvalue weighted by atomic mass is 10.0. The van der Waals surface area contributed by atoms with E-state index < -0.39 is 5.91 Å². The first-order valence-corrected chi connectivity index (χ1v) is 6.04. The maximum atomic E-state index is 11.6. The fourth-order valence-corrected chi connectivity index (χ4v) is 2.07. The topological polar surface area (TPSA) is 75.0 Å². The molecule has 0 radical (unpaired) electrons. The number of aromatic nitrogens is 2. The molecule has 2 heterocycles.